The number of ether oxygens (including phenoxy) is 1. The predicted molar refractivity (Wildman–Crippen MR) is 131 cm³/mol. The van der Waals surface area contributed by atoms with Gasteiger partial charge in [0.05, 0.1) is 23.6 Å². The van der Waals surface area contributed by atoms with Crippen molar-refractivity contribution in [2.75, 3.05) is 49.2 Å². The molecule has 9 nitrogen and oxygen atoms in total. The summed E-state index contributed by atoms with van der Waals surface area (Å²) in [6, 6.07) is 4.29. The van der Waals surface area contributed by atoms with E-state index >= 15 is 0 Å². The van der Waals surface area contributed by atoms with E-state index in [-0.39, 0.29) is 0 Å². The van der Waals surface area contributed by atoms with Crippen molar-refractivity contribution in [2.45, 2.75) is 19.3 Å². The molecular formula is C25H30N8O. The van der Waals surface area contributed by atoms with E-state index in [4.69, 9.17) is 4.74 Å². The maximum Gasteiger partial charge on any atom is 0.225 e. The number of rotatable bonds is 5. The largest absolute Gasteiger partial charge is 0.381 e. The van der Waals surface area contributed by atoms with Gasteiger partial charge < -0.3 is 14.5 Å². The van der Waals surface area contributed by atoms with E-state index < -0.39 is 0 Å². The van der Waals surface area contributed by atoms with E-state index in [2.05, 4.69) is 48.3 Å². The molecule has 2 fully saturated rings. The minimum atomic E-state index is 0.595. The summed E-state index contributed by atoms with van der Waals surface area (Å²) in [5, 5.41) is 8.90. The van der Waals surface area contributed by atoms with Gasteiger partial charge in [-0.3, -0.25) is 4.68 Å². The molecule has 0 bridgehead atoms. The van der Waals surface area contributed by atoms with Crippen LogP contribution in [0.15, 0.2) is 49.3 Å². The fourth-order valence-corrected chi connectivity index (χ4v) is 5.02. The number of pyridine rings is 1. The summed E-state index contributed by atoms with van der Waals surface area (Å²) in [6.07, 6.45) is 15.3. The topological polar surface area (TPSA) is 76.6 Å². The molecule has 176 valence electrons. The van der Waals surface area contributed by atoms with Gasteiger partial charge in [-0.15, -0.1) is 0 Å². The highest BCUT2D eigenvalue weighted by Gasteiger charge is 2.22. The minimum Gasteiger partial charge on any atom is -0.381 e. The lowest BCUT2D eigenvalue weighted by Crippen LogP contribution is -2.47. The Kier molecular flexibility index (Phi) is 5.62. The van der Waals surface area contributed by atoms with Crippen LogP contribution in [0.3, 0.4) is 0 Å². The molecule has 6 rings (SSSR count). The molecule has 1 atom stereocenters. The van der Waals surface area contributed by atoms with Gasteiger partial charge in [-0.25, -0.2) is 14.5 Å². The lowest BCUT2D eigenvalue weighted by atomic mass is 9.96. The van der Waals surface area contributed by atoms with Gasteiger partial charge in [-0.05, 0) is 36.8 Å². The summed E-state index contributed by atoms with van der Waals surface area (Å²) < 4.78 is 9.38. The molecule has 4 aromatic rings. The highest BCUT2D eigenvalue weighted by molar-refractivity contribution is 5.75. The van der Waals surface area contributed by atoms with Gasteiger partial charge >= 0.3 is 0 Å². The first-order valence-electron chi connectivity index (χ1n) is 12.1. The molecule has 34 heavy (non-hydrogen) atoms. The summed E-state index contributed by atoms with van der Waals surface area (Å²) in [5.74, 6) is 1.42. The van der Waals surface area contributed by atoms with Gasteiger partial charge in [0.1, 0.15) is 0 Å². The van der Waals surface area contributed by atoms with E-state index in [1.54, 1.807) is 0 Å². The maximum atomic E-state index is 5.60. The molecule has 2 aliphatic heterocycles. The number of hydrogen-bond acceptors (Lipinski definition) is 7. The molecule has 0 radical (unpaired) electrons. The van der Waals surface area contributed by atoms with E-state index in [0.717, 1.165) is 74.8 Å². The van der Waals surface area contributed by atoms with Gasteiger partial charge in [0, 0.05) is 82.4 Å². The van der Waals surface area contributed by atoms with E-state index in [1.807, 2.05) is 47.2 Å². The molecule has 2 saturated heterocycles. The lowest BCUT2D eigenvalue weighted by molar-refractivity contribution is 0.0549. The lowest BCUT2D eigenvalue weighted by Gasteiger charge is -2.35. The van der Waals surface area contributed by atoms with Crippen molar-refractivity contribution in [2.24, 2.45) is 13.0 Å². The van der Waals surface area contributed by atoms with Crippen LogP contribution in [0.1, 0.15) is 18.4 Å². The second-order valence-corrected chi connectivity index (χ2v) is 9.33. The van der Waals surface area contributed by atoms with Gasteiger partial charge in [0.25, 0.3) is 0 Å². The van der Waals surface area contributed by atoms with Crippen molar-refractivity contribution in [3.63, 3.8) is 0 Å². The van der Waals surface area contributed by atoms with E-state index in [9.17, 15) is 0 Å². The summed E-state index contributed by atoms with van der Waals surface area (Å²) in [7, 11) is 1.93. The number of fused-ring (bicyclic) bond motifs is 1. The molecule has 1 unspecified atom stereocenters. The first kappa shape index (κ1) is 21.1. The third-order valence-corrected chi connectivity index (χ3v) is 6.91. The van der Waals surface area contributed by atoms with Crippen LogP contribution >= 0.6 is 0 Å². The van der Waals surface area contributed by atoms with Gasteiger partial charge in [0.2, 0.25) is 5.95 Å². The first-order chi connectivity index (χ1) is 16.7. The Hall–Kier alpha value is -3.46. The summed E-state index contributed by atoms with van der Waals surface area (Å²) >= 11 is 0. The van der Waals surface area contributed by atoms with Crippen LogP contribution in [0.5, 0.6) is 0 Å². The zero-order chi connectivity index (χ0) is 22.9. The molecule has 2 aliphatic rings. The summed E-state index contributed by atoms with van der Waals surface area (Å²) in [4.78, 5) is 14.0. The minimum absolute atomic E-state index is 0.595. The van der Waals surface area contributed by atoms with Crippen LogP contribution in [-0.4, -0.2) is 68.8 Å². The third-order valence-electron chi connectivity index (χ3n) is 6.91. The number of hydrogen-bond donors (Lipinski definition) is 0. The normalized spacial score (nSPS) is 19.1. The molecule has 0 saturated carbocycles. The van der Waals surface area contributed by atoms with Crippen LogP contribution in [0.4, 0.5) is 11.6 Å². The van der Waals surface area contributed by atoms with Crippen molar-refractivity contribution in [1.29, 1.82) is 0 Å². The van der Waals surface area contributed by atoms with E-state index in [1.165, 1.54) is 17.7 Å². The van der Waals surface area contributed by atoms with E-state index in [0.29, 0.717) is 5.92 Å². The average Bonchev–Trinajstić information content (AvgIpc) is 3.51. The molecule has 0 aromatic carbocycles. The van der Waals surface area contributed by atoms with Crippen molar-refractivity contribution in [3.05, 3.63) is 54.9 Å². The molecule has 4 aromatic heterocycles. The van der Waals surface area contributed by atoms with Crippen molar-refractivity contribution in [3.8, 4) is 11.1 Å². The Morgan fingerprint density at radius 2 is 1.74 bits per heavy atom. The maximum absolute atomic E-state index is 5.60. The van der Waals surface area contributed by atoms with Gasteiger partial charge in [0.15, 0.2) is 0 Å². The number of piperazine rings is 1. The van der Waals surface area contributed by atoms with Crippen LogP contribution in [0.25, 0.3) is 16.6 Å². The zero-order valence-electron chi connectivity index (χ0n) is 19.5. The molecule has 0 aliphatic carbocycles. The predicted octanol–water partition coefficient (Wildman–Crippen LogP) is 2.82. The van der Waals surface area contributed by atoms with Crippen molar-refractivity contribution in [1.82, 2.24) is 29.4 Å². The Labute approximate surface area is 199 Å². The van der Waals surface area contributed by atoms with Crippen LogP contribution < -0.4 is 9.80 Å². The Bertz CT molecular complexity index is 1250. The number of aryl methyl sites for hydroxylation is 1. The van der Waals surface area contributed by atoms with Crippen molar-refractivity contribution < 1.29 is 4.74 Å². The fraction of sp³-hybridized carbons (Fsp3) is 0.440. The second-order valence-electron chi connectivity index (χ2n) is 9.33. The molecule has 6 heterocycles. The van der Waals surface area contributed by atoms with Gasteiger partial charge in [-0.2, -0.15) is 10.2 Å². The number of nitrogens with zero attached hydrogens (tertiary/aromatic N) is 8. The summed E-state index contributed by atoms with van der Waals surface area (Å²) in [6.45, 7) is 5.37. The average molecular weight is 459 g/mol. The summed E-state index contributed by atoms with van der Waals surface area (Å²) in [5.41, 5.74) is 5.69. The van der Waals surface area contributed by atoms with Crippen LogP contribution in [0, 0.1) is 5.92 Å². The fourth-order valence-electron chi connectivity index (χ4n) is 5.02. The SMILES string of the molecule is Cn1cc(-c2ccc3c(N4CCN(c5ncc(CC6CCCOC6)cn5)CC4)cnn3c2)cn1. The third kappa shape index (κ3) is 4.23. The Morgan fingerprint density at radius 3 is 2.47 bits per heavy atom. The van der Waals surface area contributed by atoms with Crippen LogP contribution in [0.2, 0.25) is 0 Å². The van der Waals surface area contributed by atoms with Gasteiger partial charge in [-0.1, -0.05) is 6.07 Å². The molecule has 0 N–H and O–H groups in total. The molecular weight excluding hydrogens is 428 g/mol. The highest BCUT2D eigenvalue weighted by Crippen LogP contribution is 2.27. The quantitative estimate of drug-likeness (QED) is 0.455. The number of anilines is 2. The molecule has 9 heteroatoms. The Morgan fingerprint density at radius 1 is 0.912 bits per heavy atom. The highest BCUT2D eigenvalue weighted by atomic mass is 16.5. The zero-order valence-corrected chi connectivity index (χ0v) is 19.5. The smallest absolute Gasteiger partial charge is 0.225 e. The van der Waals surface area contributed by atoms with Crippen molar-refractivity contribution >= 4 is 17.2 Å². The standard InChI is InChI=1S/C25H30N8O/c1-30-16-22(14-28-30)21-4-5-23-24(15-29-33(23)17-21)31-6-8-32(9-7-31)25-26-12-20(13-27-25)11-19-3-2-10-34-18-19/h4-5,12-17,19H,2-3,6-11,18H2,1H3. The Balaban J connectivity index is 1.10. The first-order valence-corrected chi connectivity index (χ1v) is 12.1. The molecule has 0 amide bonds. The molecule has 0 spiro atoms. The van der Waals surface area contributed by atoms with Crippen LogP contribution in [-0.2, 0) is 18.2 Å². The second kappa shape index (κ2) is 9.06. The monoisotopic (exact) mass is 458 g/mol. The number of aromatic nitrogens is 6.